The fraction of sp³-hybridized carbons (Fsp3) is 0.500. The van der Waals surface area contributed by atoms with E-state index in [2.05, 4.69) is 90.8 Å². The molecule has 3 heteroatoms. The molecule has 0 fully saturated rings. The molecule has 27 heavy (non-hydrogen) atoms. The predicted octanol–water partition coefficient (Wildman–Crippen LogP) is 6.49. The second-order valence-corrected chi connectivity index (χ2v) is 20.2. The molecule has 0 unspecified atom stereocenters. The van der Waals surface area contributed by atoms with Gasteiger partial charge in [-0.2, -0.15) is 0 Å². The fourth-order valence-corrected chi connectivity index (χ4v) is 8.56. The van der Waals surface area contributed by atoms with Gasteiger partial charge < -0.3 is 4.74 Å². The van der Waals surface area contributed by atoms with Gasteiger partial charge in [0.1, 0.15) is 12.4 Å². The summed E-state index contributed by atoms with van der Waals surface area (Å²) in [5, 5.41) is 3.39. The van der Waals surface area contributed by atoms with E-state index in [9.17, 15) is 0 Å². The Kier molecular flexibility index (Phi) is 6.48. The summed E-state index contributed by atoms with van der Waals surface area (Å²) in [5.41, 5.74) is 2.76. The summed E-state index contributed by atoms with van der Waals surface area (Å²) >= 11 is 0. The van der Waals surface area contributed by atoms with E-state index in [1.54, 1.807) is 5.20 Å². The van der Waals surface area contributed by atoms with E-state index in [0.29, 0.717) is 6.61 Å². The summed E-state index contributed by atoms with van der Waals surface area (Å²) in [7, 11) is -3.24. The van der Waals surface area contributed by atoms with Gasteiger partial charge in [-0.25, -0.2) is 0 Å². The Balaban J connectivity index is 2.58. The van der Waals surface area contributed by atoms with Crippen molar-refractivity contribution < 1.29 is 4.74 Å². The highest BCUT2D eigenvalue weighted by molar-refractivity contribution is 6.92. The van der Waals surface area contributed by atoms with Crippen molar-refractivity contribution in [3.05, 3.63) is 59.3 Å². The molecule has 0 atom stereocenters. The number of allylic oxidation sites excluding steroid dienone is 4. The van der Waals surface area contributed by atoms with Crippen molar-refractivity contribution in [2.24, 2.45) is 0 Å². The van der Waals surface area contributed by atoms with Crippen LogP contribution in [0.4, 0.5) is 0 Å². The smallest absolute Gasteiger partial charge is 0.121 e. The molecule has 148 valence electrons. The third-order valence-corrected chi connectivity index (χ3v) is 15.3. The number of rotatable bonds is 7. The monoisotopic (exact) mass is 398 g/mol. The average Bonchev–Trinajstić information content (AvgIpc) is 3.07. The van der Waals surface area contributed by atoms with Crippen LogP contribution < -0.4 is 9.92 Å². The van der Waals surface area contributed by atoms with Crippen LogP contribution in [-0.2, 0) is 6.04 Å². The Morgan fingerprint density at radius 2 is 1.81 bits per heavy atom. The molecule has 1 aliphatic carbocycles. The molecule has 1 aromatic rings. The van der Waals surface area contributed by atoms with Crippen molar-refractivity contribution in [2.45, 2.75) is 71.4 Å². The number of hydrogen-bond acceptors (Lipinski definition) is 1. The molecule has 1 aromatic carbocycles. The standard InChI is InChI=1S/C24H38OSi2/c1-10-15-25-23-20(18-26(6,7)21-13-11-12-14-21)16-19(2)17-22(23)27(8,9)24(3,4)5/h10-13,16-17H,1,14-15,18H2,2-9H3. The second kappa shape index (κ2) is 7.96. The summed E-state index contributed by atoms with van der Waals surface area (Å²) in [4.78, 5) is 0. The van der Waals surface area contributed by atoms with Gasteiger partial charge in [0.05, 0.1) is 16.1 Å². The lowest BCUT2D eigenvalue weighted by Gasteiger charge is -2.39. The quantitative estimate of drug-likeness (QED) is 0.377. The Morgan fingerprint density at radius 1 is 1.15 bits per heavy atom. The van der Waals surface area contributed by atoms with E-state index in [-0.39, 0.29) is 5.04 Å². The van der Waals surface area contributed by atoms with E-state index in [0.717, 1.165) is 18.2 Å². The molecule has 0 N–H and O–H groups in total. The molecule has 1 aliphatic rings. The summed E-state index contributed by atoms with van der Waals surface area (Å²) in [6.07, 6.45) is 9.85. The van der Waals surface area contributed by atoms with Crippen LogP contribution in [-0.4, -0.2) is 22.8 Å². The normalized spacial score (nSPS) is 15.0. The molecule has 0 saturated carbocycles. The van der Waals surface area contributed by atoms with E-state index in [1.165, 1.54) is 16.3 Å². The van der Waals surface area contributed by atoms with Crippen LogP contribution >= 0.6 is 0 Å². The van der Waals surface area contributed by atoms with Crippen LogP contribution in [0.5, 0.6) is 5.75 Å². The van der Waals surface area contributed by atoms with Crippen LogP contribution in [0.25, 0.3) is 0 Å². The van der Waals surface area contributed by atoms with Gasteiger partial charge in [-0.05, 0) is 35.2 Å². The van der Waals surface area contributed by atoms with Gasteiger partial charge in [0.15, 0.2) is 0 Å². The largest absolute Gasteiger partial charge is 0.489 e. The van der Waals surface area contributed by atoms with Crippen LogP contribution in [0.15, 0.2) is 48.2 Å². The molecule has 0 spiro atoms. The minimum Gasteiger partial charge on any atom is -0.489 e. The topological polar surface area (TPSA) is 9.23 Å². The van der Waals surface area contributed by atoms with Crippen LogP contribution in [0.1, 0.15) is 38.3 Å². The lowest BCUT2D eigenvalue weighted by Crippen LogP contribution is -2.50. The van der Waals surface area contributed by atoms with Crippen LogP contribution in [0.3, 0.4) is 0 Å². The molecule has 0 heterocycles. The van der Waals surface area contributed by atoms with Gasteiger partial charge in [0, 0.05) is 0 Å². The summed E-state index contributed by atoms with van der Waals surface area (Å²) in [6.45, 7) is 23.8. The minimum atomic E-state index is -1.72. The highest BCUT2D eigenvalue weighted by atomic mass is 28.3. The Bertz CT molecular complexity index is 761. The maximum atomic E-state index is 6.37. The predicted molar refractivity (Wildman–Crippen MR) is 127 cm³/mol. The molecule has 0 amide bonds. The van der Waals surface area contributed by atoms with E-state index in [1.807, 2.05) is 6.08 Å². The minimum absolute atomic E-state index is 0.273. The first-order valence-corrected chi connectivity index (χ1v) is 16.3. The maximum absolute atomic E-state index is 6.37. The van der Waals surface area contributed by atoms with E-state index < -0.39 is 16.1 Å². The zero-order chi connectivity index (χ0) is 20.5. The van der Waals surface area contributed by atoms with Gasteiger partial charge >= 0.3 is 0 Å². The molecule has 0 aromatic heterocycles. The lowest BCUT2D eigenvalue weighted by atomic mass is 10.1. The molecular weight excluding hydrogens is 360 g/mol. The first kappa shape index (κ1) is 22.0. The highest BCUT2D eigenvalue weighted by Crippen LogP contribution is 2.39. The third kappa shape index (κ3) is 4.75. The summed E-state index contributed by atoms with van der Waals surface area (Å²) in [5.74, 6) is 1.15. The summed E-state index contributed by atoms with van der Waals surface area (Å²) < 4.78 is 6.37. The van der Waals surface area contributed by atoms with Gasteiger partial charge in [0.25, 0.3) is 0 Å². The first-order chi connectivity index (χ1) is 12.4. The van der Waals surface area contributed by atoms with Crippen molar-refractivity contribution in [3.8, 4) is 5.75 Å². The molecular formula is C24H38OSi2. The summed E-state index contributed by atoms with van der Waals surface area (Å²) in [6, 6.07) is 5.90. The zero-order valence-corrected chi connectivity index (χ0v) is 20.7. The number of hydrogen-bond donors (Lipinski definition) is 0. The number of aryl methyl sites for hydroxylation is 1. The van der Waals surface area contributed by atoms with Crippen molar-refractivity contribution in [3.63, 3.8) is 0 Å². The van der Waals surface area contributed by atoms with Crippen molar-refractivity contribution in [2.75, 3.05) is 6.61 Å². The molecule has 2 rings (SSSR count). The van der Waals surface area contributed by atoms with E-state index >= 15 is 0 Å². The average molecular weight is 399 g/mol. The number of benzene rings is 1. The molecule has 0 saturated heterocycles. The van der Waals surface area contributed by atoms with Gasteiger partial charge in [0.2, 0.25) is 0 Å². The highest BCUT2D eigenvalue weighted by Gasteiger charge is 2.40. The van der Waals surface area contributed by atoms with E-state index in [4.69, 9.17) is 4.74 Å². The van der Waals surface area contributed by atoms with Crippen LogP contribution in [0.2, 0.25) is 31.2 Å². The fourth-order valence-electron chi connectivity index (χ4n) is 3.70. The first-order valence-electron chi connectivity index (χ1n) is 10.1. The third-order valence-electron chi connectivity index (χ3n) is 6.48. The Labute approximate surface area is 169 Å². The van der Waals surface area contributed by atoms with Crippen LogP contribution in [0, 0.1) is 6.92 Å². The van der Waals surface area contributed by atoms with Gasteiger partial charge in [-0.3, -0.25) is 0 Å². The Morgan fingerprint density at radius 3 is 2.33 bits per heavy atom. The molecule has 0 radical (unpaired) electrons. The Hall–Kier alpha value is -1.33. The maximum Gasteiger partial charge on any atom is 0.121 e. The zero-order valence-electron chi connectivity index (χ0n) is 18.7. The van der Waals surface area contributed by atoms with Gasteiger partial charge in [-0.15, -0.1) is 0 Å². The van der Waals surface area contributed by atoms with Gasteiger partial charge in [-0.1, -0.05) is 101 Å². The van der Waals surface area contributed by atoms with Crippen molar-refractivity contribution in [1.82, 2.24) is 0 Å². The molecule has 0 bridgehead atoms. The lowest BCUT2D eigenvalue weighted by molar-refractivity contribution is 0.362. The molecule has 0 aliphatic heterocycles. The SMILES string of the molecule is C=CCOc1c(C[Si](C)(C)C2=CC=CC2)cc(C)cc1[Si](C)(C)C(C)(C)C. The second-order valence-electron chi connectivity index (χ2n) is 10.2. The molecule has 1 nitrogen and oxygen atoms in total. The van der Waals surface area contributed by atoms with Crippen molar-refractivity contribution >= 4 is 21.3 Å². The number of ether oxygens (including phenoxy) is 1. The van der Waals surface area contributed by atoms with Crippen molar-refractivity contribution in [1.29, 1.82) is 0 Å².